The van der Waals surface area contributed by atoms with Gasteiger partial charge in [-0.05, 0) is 42.9 Å². The van der Waals surface area contributed by atoms with Crippen molar-refractivity contribution in [1.29, 1.82) is 0 Å². The second-order valence-corrected chi connectivity index (χ2v) is 5.97. The van der Waals surface area contributed by atoms with E-state index >= 15 is 0 Å². The van der Waals surface area contributed by atoms with Crippen LogP contribution in [0.1, 0.15) is 65.2 Å². The van der Waals surface area contributed by atoms with E-state index in [2.05, 4.69) is 13.8 Å². The fraction of sp³-hybridized carbons (Fsp3) is 1.00. The SMILES string of the molecule is CCC1CC(CC2CCC(C)CC2)C1. The zero-order valence-corrected chi connectivity index (χ0v) is 9.97. The molecule has 0 bridgehead atoms. The van der Waals surface area contributed by atoms with Crippen molar-refractivity contribution in [2.75, 3.05) is 0 Å². The Kier molecular flexibility index (Phi) is 3.52. The molecule has 2 aliphatic carbocycles. The molecule has 0 heteroatoms. The van der Waals surface area contributed by atoms with Crippen molar-refractivity contribution in [1.82, 2.24) is 0 Å². The molecular weight excluding hydrogens is 168 g/mol. The molecule has 0 saturated heterocycles. The van der Waals surface area contributed by atoms with Gasteiger partial charge in [0, 0.05) is 0 Å². The van der Waals surface area contributed by atoms with Gasteiger partial charge >= 0.3 is 0 Å². The molecule has 0 aliphatic heterocycles. The molecule has 2 fully saturated rings. The first kappa shape index (κ1) is 10.5. The van der Waals surface area contributed by atoms with Crippen molar-refractivity contribution >= 4 is 0 Å². The van der Waals surface area contributed by atoms with Gasteiger partial charge in [0.1, 0.15) is 0 Å². The van der Waals surface area contributed by atoms with Crippen LogP contribution in [0.15, 0.2) is 0 Å². The Morgan fingerprint density at radius 3 is 2.07 bits per heavy atom. The highest BCUT2D eigenvalue weighted by Crippen LogP contribution is 2.42. The van der Waals surface area contributed by atoms with Gasteiger partial charge in [-0.2, -0.15) is 0 Å². The van der Waals surface area contributed by atoms with Gasteiger partial charge in [0.25, 0.3) is 0 Å². The van der Waals surface area contributed by atoms with Crippen LogP contribution >= 0.6 is 0 Å². The van der Waals surface area contributed by atoms with Crippen LogP contribution in [0.3, 0.4) is 0 Å². The molecule has 2 saturated carbocycles. The van der Waals surface area contributed by atoms with Gasteiger partial charge < -0.3 is 0 Å². The molecule has 14 heavy (non-hydrogen) atoms. The van der Waals surface area contributed by atoms with E-state index in [1.165, 1.54) is 32.1 Å². The highest BCUT2D eigenvalue weighted by atomic mass is 14.4. The van der Waals surface area contributed by atoms with Crippen molar-refractivity contribution in [3.05, 3.63) is 0 Å². The van der Waals surface area contributed by atoms with E-state index < -0.39 is 0 Å². The molecule has 0 aromatic heterocycles. The monoisotopic (exact) mass is 194 g/mol. The number of hydrogen-bond donors (Lipinski definition) is 0. The summed E-state index contributed by atoms with van der Waals surface area (Å²) in [7, 11) is 0. The van der Waals surface area contributed by atoms with Gasteiger partial charge in [0.15, 0.2) is 0 Å². The maximum atomic E-state index is 2.42. The summed E-state index contributed by atoms with van der Waals surface area (Å²) in [5.74, 6) is 4.35. The van der Waals surface area contributed by atoms with Crippen LogP contribution < -0.4 is 0 Å². The van der Waals surface area contributed by atoms with Gasteiger partial charge in [-0.3, -0.25) is 0 Å². The lowest BCUT2D eigenvalue weighted by Gasteiger charge is -2.38. The molecule has 0 nitrogen and oxygen atoms in total. The summed E-state index contributed by atoms with van der Waals surface area (Å²) in [5, 5.41) is 0. The highest BCUT2D eigenvalue weighted by Gasteiger charge is 2.30. The van der Waals surface area contributed by atoms with Crippen LogP contribution in [-0.4, -0.2) is 0 Å². The summed E-state index contributed by atoms with van der Waals surface area (Å²) in [6, 6.07) is 0. The van der Waals surface area contributed by atoms with E-state index in [1.54, 1.807) is 19.3 Å². The minimum Gasteiger partial charge on any atom is -0.0651 e. The average molecular weight is 194 g/mol. The van der Waals surface area contributed by atoms with Crippen LogP contribution in [0, 0.1) is 23.7 Å². The maximum absolute atomic E-state index is 2.42. The molecule has 0 spiro atoms. The van der Waals surface area contributed by atoms with Crippen molar-refractivity contribution in [3.63, 3.8) is 0 Å². The molecule has 2 rings (SSSR count). The molecule has 0 aromatic carbocycles. The van der Waals surface area contributed by atoms with Crippen LogP contribution in [0.2, 0.25) is 0 Å². The Morgan fingerprint density at radius 2 is 1.50 bits per heavy atom. The Hall–Kier alpha value is 0. The first-order valence-corrected chi connectivity index (χ1v) is 6.78. The van der Waals surface area contributed by atoms with Gasteiger partial charge in [-0.1, -0.05) is 46.0 Å². The third-order valence-corrected chi connectivity index (χ3v) is 4.71. The molecule has 0 N–H and O–H groups in total. The van der Waals surface area contributed by atoms with Gasteiger partial charge in [-0.25, -0.2) is 0 Å². The van der Waals surface area contributed by atoms with Crippen molar-refractivity contribution in [2.45, 2.75) is 65.2 Å². The van der Waals surface area contributed by atoms with E-state index in [1.807, 2.05) is 0 Å². The first-order valence-electron chi connectivity index (χ1n) is 6.78. The third kappa shape index (κ3) is 2.52. The van der Waals surface area contributed by atoms with E-state index in [9.17, 15) is 0 Å². The van der Waals surface area contributed by atoms with Crippen molar-refractivity contribution in [3.8, 4) is 0 Å². The first-order chi connectivity index (χ1) is 6.78. The fourth-order valence-corrected chi connectivity index (χ4v) is 3.44. The lowest BCUT2D eigenvalue weighted by Crippen LogP contribution is -2.26. The molecule has 0 unspecified atom stereocenters. The molecule has 2 aliphatic rings. The Morgan fingerprint density at radius 1 is 0.857 bits per heavy atom. The highest BCUT2D eigenvalue weighted by molar-refractivity contribution is 4.82. The number of hydrogen-bond acceptors (Lipinski definition) is 0. The zero-order chi connectivity index (χ0) is 9.97. The second-order valence-electron chi connectivity index (χ2n) is 5.97. The Bertz CT molecular complexity index is 159. The Balaban J connectivity index is 1.62. The molecule has 82 valence electrons. The van der Waals surface area contributed by atoms with Crippen molar-refractivity contribution in [2.24, 2.45) is 23.7 Å². The summed E-state index contributed by atoms with van der Waals surface area (Å²) in [5.41, 5.74) is 0. The summed E-state index contributed by atoms with van der Waals surface area (Å²) in [6.07, 6.45) is 12.2. The topological polar surface area (TPSA) is 0 Å². The number of rotatable bonds is 3. The van der Waals surface area contributed by atoms with Crippen LogP contribution in [-0.2, 0) is 0 Å². The molecule has 0 aromatic rings. The predicted octanol–water partition coefficient (Wildman–Crippen LogP) is 4.64. The summed E-state index contributed by atoms with van der Waals surface area (Å²) >= 11 is 0. The minimum atomic E-state index is 1.02. The maximum Gasteiger partial charge on any atom is -0.0406 e. The van der Waals surface area contributed by atoms with Crippen LogP contribution in [0.5, 0.6) is 0 Å². The molecular formula is C14H26. The van der Waals surface area contributed by atoms with E-state index in [0.717, 1.165) is 23.7 Å². The van der Waals surface area contributed by atoms with E-state index in [4.69, 9.17) is 0 Å². The van der Waals surface area contributed by atoms with Crippen LogP contribution in [0.4, 0.5) is 0 Å². The average Bonchev–Trinajstić information content (AvgIpc) is 2.13. The lowest BCUT2D eigenvalue weighted by atomic mass is 9.67. The van der Waals surface area contributed by atoms with Gasteiger partial charge in [0.2, 0.25) is 0 Å². The summed E-state index contributed by atoms with van der Waals surface area (Å²) in [4.78, 5) is 0. The van der Waals surface area contributed by atoms with Crippen LogP contribution in [0.25, 0.3) is 0 Å². The van der Waals surface area contributed by atoms with E-state index in [0.29, 0.717) is 0 Å². The summed E-state index contributed by atoms with van der Waals surface area (Å²) in [6.45, 7) is 4.77. The standard InChI is InChI=1S/C14H26/c1-3-12-8-14(9-12)10-13-6-4-11(2)5-7-13/h11-14H,3-10H2,1-2H3. The summed E-state index contributed by atoms with van der Waals surface area (Å²) < 4.78 is 0. The molecule has 0 atom stereocenters. The fourth-order valence-electron chi connectivity index (χ4n) is 3.44. The molecule has 0 heterocycles. The van der Waals surface area contributed by atoms with Gasteiger partial charge in [0.05, 0.1) is 0 Å². The lowest BCUT2D eigenvalue weighted by molar-refractivity contribution is 0.134. The predicted molar refractivity (Wildman–Crippen MR) is 62.2 cm³/mol. The third-order valence-electron chi connectivity index (χ3n) is 4.71. The van der Waals surface area contributed by atoms with Crippen molar-refractivity contribution < 1.29 is 0 Å². The molecule has 0 radical (unpaired) electrons. The molecule has 0 amide bonds. The Labute approximate surface area is 89.5 Å². The second kappa shape index (κ2) is 4.68. The largest absolute Gasteiger partial charge is 0.0651 e. The smallest absolute Gasteiger partial charge is 0.0406 e. The normalized spacial score (nSPS) is 43.3. The van der Waals surface area contributed by atoms with E-state index in [-0.39, 0.29) is 0 Å². The minimum absolute atomic E-state index is 1.02. The quantitative estimate of drug-likeness (QED) is 0.614. The van der Waals surface area contributed by atoms with Gasteiger partial charge in [-0.15, -0.1) is 0 Å². The zero-order valence-electron chi connectivity index (χ0n) is 9.97.